The molecule has 0 aliphatic carbocycles. The monoisotopic (exact) mass is 216 g/mol. The number of carbonyl (C=O) groups is 1. The summed E-state index contributed by atoms with van der Waals surface area (Å²) < 4.78 is 5.18. The molecule has 0 bridgehead atoms. The summed E-state index contributed by atoms with van der Waals surface area (Å²) in [6.45, 7) is 3.69. The predicted molar refractivity (Wildman–Crippen MR) is 56.5 cm³/mol. The Morgan fingerprint density at radius 1 is 1.67 bits per heavy atom. The van der Waals surface area contributed by atoms with Gasteiger partial charge in [-0.05, 0) is 13.3 Å². The Bertz CT molecular complexity index is 211. The van der Waals surface area contributed by atoms with E-state index in [0.717, 1.165) is 13.0 Å². The third kappa shape index (κ3) is 3.15. The van der Waals surface area contributed by atoms with Crippen LogP contribution in [0, 0.1) is 0 Å². The van der Waals surface area contributed by atoms with Crippen LogP contribution in [0.5, 0.6) is 0 Å². The van der Waals surface area contributed by atoms with Gasteiger partial charge in [0.05, 0.1) is 18.8 Å². The Balaban J connectivity index is 2.45. The van der Waals surface area contributed by atoms with Crippen LogP contribution in [0.1, 0.15) is 13.3 Å². The summed E-state index contributed by atoms with van der Waals surface area (Å²) in [4.78, 5) is 13.6. The molecule has 1 aliphatic rings. The number of nitrogens with zero attached hydrogens (tertiary/aromatic N) is 1. The number of aliphatic hydroxyl groups is 1. The highest BCUT2D eigenvalue weighted by molar-refractivity contribution is 5.82. The third-order valence-corrected chi connectivity index (χ3v) is 2.79. The first-order valence-corrected chi connectivity index (χ1v) is 5.38. The molecule has 1 aliphatic heterocycles. The molecule has 1 saturated heterocycles. The summed E-state index contributed by atoms with van der Waals surface area (Å²) in [5.74, 6) is 0.0612. The van der Waals surface area contributed by atoms with E-state index in [9.17, 15) is 4.79 Å². The SMILES string of the molecule is CCN(CCO)C(=O)C1CC(OC)CN1. The first kappa shape index (κ1) is 12.4. The Morgan fingerprint density at radius 3 is 2.87 bits per heavy atom. The standard InChI is InChI=1S/C10H20N2O3/c1-3-12(4-5-13)10(14)9-6-8(15-2)7-11-9/h8-9,11,13H,3-7H2,1-2H3. The predicted octanol–water partition coefficient (Wildman–Crippen LogP) is -0.796. The molecule has 0 radical (unpaired) electrons. The molecule has 0 saturated carbocycles. The van der Waals surface area contributed by atoms with Gasteiger partial charge in [0.2, 0.25) is 5.91 Å². The minimum absolute atomic E-state index is 0.0139. The van der Waals surface area contributed by atoms with Crippen molar-refractivity contribution in [1.29, 1.82) is 0 Å². The third-order valence-electron chi connectivity index (χ3n) is 2.79. The Kier molecular flexibility index (Phi) is 5.01. The molecule has 1 amide bonds. The van der Waals surface area contributed by atoms with Crippen molar-refractivity contribution in [3.8, 4) is 0 Å². The second-order valence-electron chi connectivity index (χ2n) is 3.70. The van der Waals surface area contributed by atoms with Gasteiger partial charge in [-0.25, -0.2) is 0 Å². The van der Waals surface area contributed by atoms with Gasteiger partial charge in [0.15, 0.2) is 0 Å². The summed E-state index contributed by atoms with van der Waals surface area (Å²) in [5.41, 5.74) is 0. The minimum Gasteiger partial charge on any atom is -0.395 e. The number of methoxy groups -OCH3 is 1. The number of aliphatic hydroxyl groups excluding tert-OH is 1. The molecule has 15 heavy (non-hydrogen) atoms. The van der Waals surface area contributed by atoms with E-state index in [0.29, 0.717) is 13.1 Å². The lowest BCUT2D eigenvalue weighted by Gasteiger charge is -2.23. The average molecular weight is 216 g/mol. The second kappa shape index (κ2) is 6.05. The maximum absolute atomic E-state index is 11.9. The van der Waals surface area contributed by atoms with E-state index < -0.39 is 0 Å². The number of amides is 1. The summed E-state index contributed by atoms with van der Waals surface area (Å²) in [6, 6.07) is -0.151. The summed E-state index contributed by atoms with van der Waals surface area (Å²) in [7, 11) is 1.66. The fourth-order valence-corrected chi connectivity index (χ4v) is 1.84. The zero-order valence-electron chi connectivity index (χ0n) is 9.40. The van der Waals surface area contributed by atoms with Crippen LogP contribution in [0.4, 0.5) is 0 Å². The number of ether oxygens (including phenoxy) is 1. The van der Waals surface area contributed by atoms with E-state index in [1.165, 1.54) is 0 Å². The largest absolute Gasteiger partial charge is 0.395 e. The molecule has 0 aromatic carbocycles. The Hall–Kier alpha value is -0.650. The number of hydrogen-bond acceptors (Lipinski definition) is 4. The quantitative estimate of drug-likeness (QED) is 0.632. The lowest BCUT2D eigenvalue weighted by Crippen LogP contribution is -2.44. The molecule has 0 spiro atoms. The van der Waals surface area contributed by atoms with Crippen molar-refractivity contribution in [3.05, 3.63) is 0 Å². The fraction of sp³-hybridized carbons (Fsp3) is 0.900. The van der Waals surface area contributed by atoms with Gasteiger partial charge >= 0.3 is 0 Å². The van der Waals surface area contributed by atoms with Crippen LogP contribution in [-0.4, -0.2) is 61.4 Å². The van der Waals surface area contributed by atoms with E-state index >= 15 is 0 Å². The van der Waals surface area contributed by atoms with Crippen LogP contribution in [0.25, 0.3) is 0 Å². The Labute approximate surface area is 90.4 Å². The van der Waals surface area contributed by atoms with Crippen LogP contribution < -0.4 is 5.32 Å². The van der Waals surface area contributed by atoms with Gasteiger partial charge in [0.1, 0.15) is 0 Å². The molecule has 88 valence electrons. The fourth-order valence-electron chi connectivity index (χ4n) is 1.84. The lowest BCUT2D eigenvalue weighted by atomic mass is 10.2. The van der Waals surface area contributed by atoms with Gasteiger partial charge in [-0.2, -0.15) is 0 Å². The Morgan fingerprint density at radius 2 is 2.40 bits per heavy atom. The van der Waals surface area contributed by atoms with Gasteiger partial charge in [0, 0.05) is 26.7 Å². The van der Waals surface area contributed by atoms with E-state index in [4.69, 9.17) is 9.84 Å². The number of nitrogens with one attached hydrogen (secondary N) is 1. The van der Waals surface area contributed by atoms with Crippen LogP contribution in [0.15, 0.2) is 0 Å². The van der Waals surface area contributed by atoms with Gasteiger partial charge in [-0.15, -0.1) is 0 Å². The van der Waals surface area contributed by atoms with Gasteiger partial charge in [-0.3, -0.25) is 4.79 Å². The van der Waals surface area contributed by atoms with E-state index in [1.54, 1.807) is 12.0 Å². The van der Waals surface area contributed by atoms with Crippen molar-refractivity contribution in [1.82, 2.24) is 10.2 Å². The van der Waals surface area contributed by atoms with Gasteiger partial charge in [0.25, 0.3) is 0 Å². The number of rotatable bonds is 5. The molecule has 1 heterocycles. The zero-order valence-corrected chi connectivity index (χ0v) is 9.40. The van der Waals surface area contributed by atoms with Crippen LogP contribution in [0.2, 0.25) is 0 Å². The molecule has 5 heteroatoms. The van der Waals surface area contributed by atoms with Crippen molar-refractivity contribution in [3.63, 3.8) is 0 Å². The van der Waals surface area contributed by atoms with Crippen molar-refractivity contribution in [2.75, 3.05) is 33.4 Å². The first-order chi connectivity index (χ1) is 7.22. The highest BCUT2D eigenvalue weighted by atomic mass is 16.5. The van der Waals surface area contributed by atoms with E-state index in [2.05, 4.69) is 5.32 Å². The normalized spacial score (nSPS) is 25.5. The highest BCUT2D eigenvalue weighted by Crippen LogP contribution is 2.11. The lowest BCUT2D eigenvalue weighted by molar-refractivity contribution is -0.133. The molecule has 2 unspecified atom stereocenters. The van der Waals surface area contributed by atoms with Gasteiger partial charge in [-0.1, -0.05) is 0 Å². The van der Waals surface area contributed by atoms with E-state index in [1.807, 2.05) is 6.92 Å². The zero-order chi connectivity index (χ0) is 11.3. The number of carbonyl (C=O) groups excluding carboxylic acids is 1. The second-order valence-corrected chi connectivity index (χ2v) is 3.70. The average Bonchev–Trinajstić information content (AvgIpc) is 2.73. The van der Waals surface area contributed by atoms with Crippen molar-refractivity contribution in [2.24, 2.45) is 0 Å². The topological polar surface area (TPSA) is 61.8 Å². The molecule has 2 N–H and O–H groups in total. The molecule has 1 rings (SSSR count). The van der Waals surface area contributed by atoms with Crippen LogP contribution in [-0.2, 0) is 9.53 Å². The highest BCUT2D eigenvalue weighted by Gasteiger charge is 2.31. The number of likely N-dealkylation sites (N-methyl/N-ethyl adjacent to an activating group) is 1. The smallest absolute Gasteiger partial charge is 0.239 e. The molecule has 0 aromatic rings. The number of hydrogen-bond donors (Lipinski definition) is 2. The molecule has 2 atom stereocenters. The van der Waals surface area contributed by atoms with Crippen molar-refractivity contribution >= 4 is 5.91 Å². The van der Waals surface area contributed by atoms with Gasteiger partial charge < -0.3 is 20.1 Å². The summed E-state index contributed by atoms with van der Waals surface area (Å²) in [5, 5.41) is 12.0. The summed E-state index contributed by atoms with van der Waals surface area (Å²) >= 11 is 0. The minimum atomic E-state index is -0.151. The van der Waals surface area contributed by atoms with Crippen molar-refractivity contribution < 1.29 is 14.6 Å². The molecule has 1 fully saturated rings. The van der Waals surface area contributed by atoms with E-state index in [-0.39, 0.29) is 24.7 Å². The molecule has 0 aromatic heterocycles. The molecule has 5 nitrogen and oxygen atoms in total. The summed E-state index contributed by atoms with van der Waals surface area (Å²) in [6.07, 6.45) is 0.851. The van der Waals surface area contributed by atoms with Crippen LogP contribution >= 0.6 is 0 Å². The molecular weight excluding hydrogens is 196 g/mol. The molecular formula is C10H20N2O3. The van der Waals surface area contributed by atoms with Crippen LogP contribution in [0.3, 0.4) is 0 Å². The van der Waals surface area contributed by atoms with Crippen molar-refractivity contribution in [2.45, 2.75) is 25.5 Å². The maximum Gasteiger partial charge on any atom is 0.239 e. The maximum atomic E-state index is 11.9. The first-order valence-electron chi connectivity index (χ1n) is 5.38.